The van der Waals surface area contributed by atoms with Crippen molar-refractivity contribution < 1.29 is 14.5 Å². The van der Waals surface area contributed by atoms with Gasteiger partial charge in [-0.05, 0) is 29.7 Å². The molecule has 0 heterocycles. The van der Waals surface area contributed by atoms with E-state index in [1.165, 1.54) is 12.1 Å². The predicted octanol–water partition coefficient (Wildman–Crippen LogP) is 2.50. The van der Waals surface area contributed by atoms with Gasteiger partial charge in [0.2, 0.25) is 5.91 Å². The Kier molecular flexibility index (Phi) is 5.68. The second-order valence-electron chi connectivity index (χ2n) is 5.05. The lowest BCUT2D eigenvalue weighted by molar-refractivity contribution is -0.384. The van der Waals surface area contributed by atoms with E-state index in [1.807, 2.05) is 24.3 Å². The summed E-state index contributed by atoms with van der Waals surface area (Å²) in [5.74, 6) is 0.699. The van der Waals surface area contributed by atoms with E-state index in [9.17, 15) is 14.9 Å². The molecular formula is C17H18N2O4. The van der Waals surface area contributed by atoms with Crippen molar-refractivity contribution in [1.82, 2.24) is 5.32 Å². The molecule has 120 valence electrons. The molecule has 0 atom stereocenters. The average Bonchev–Trinajstić information content (AvgIpc) is 2.56. The number of nitro benzene ring substituents is 1. The second kappa shape index (κ2) is 7.93. The first-order chi connectivity index (χ1) is 11.1. The fraction of sp³-hybridized carbons (Fsp3) is 0.235. The van der Waals surface area contributed by atoms with Gasteiger partial charge in [0.05, 0.1) is 18.5 Å². The van der Waals surface area contributed by atoms with Gasteiger partial charge in [-0.1, -0.05) is 24.3 Å². The summed E-state index contributed by atoms with van der Waals surface area (Å²) >= 11 is 0. The van der Waals surface area contributed by atoms with E-state index >= 15 is 0 Å². The zero-order chi connectivity index (χ0) is 16.7. The number of carbonyl (C=O) groups excluding carboxylic acids is 1. The summed E-state index contributed by atoms with van der Waals surface area (Å²) in [5, 5.41) is 13.4. The molecule has 2 aromatic carbocycles. The molecule has 0 aromatic heterocycles. The van der Waals surface area contributed by atoms with Crippen LogP contribution in [0.15, 0.2) is 48.5 Å². The number of carbonyl (C=O) groups is 1. The third-order valence-electron chi connectivity index (χ3n) is 3.41. The van der Waals surface area contributed by atoms with Crippen LogP contribution in [0.5, 0.6) is 5.75 Å². The summed E-state index contributed by atoms with van der Waals surface area (Å²) in [6.45, 7) is 0.493. The van der Waals surface area contributed by atoms with Gasteiger partial charge < -0.3 is 10.1 Å². The maximum atomic E-state index is 11.9. The van der Waals surface area contributed by atoms with Crippen LogP contribution in [0, 0.1) is 10.1 Å². The largest absolute Gasteiger partial charge is 0.497 e. The van der Waals surface area contributed by atoms with Gasteiger partial charge in [0.1, 0.15) is 5.75 Å². The lowest BCUT2D eigenvalue weighted by Crippen LogP contribution is -2.27. The Morgan fingerprint density at radius 3 is 2.26 bits per heavy atom. The van der Waals surface area contributed by atoms with Crippen LogP contribution in [0.2, 0.25) is 0 Å². The lowest BCUT2D eigenvalue weighted by atomic mass is 10.1. The number of amides is 1. The Hall–Kier alpha value is -2.89. The molecule has 0 fully saturated rings. The van der Waals surface area contributed by atoms with E-state index in [2.05, 4.69) is 5.32 Å². The molecule has 0 spiro atoms. The molecule has 2 aromatic rings. The number of hydrogen-bond acceptors (Lipinski definition) is 4. The number of hydrogen-bond donors (Lipinski definition) is 1. The zero-order valence-corrected chi connectivity index (χ0v) is 12.8. The topological polar surface area (TPSA) is 81.5 Å². The molecule has 2 rings (SSSR count). The molecular weight excluding hydrogens is 296 g/mol. The highest BCUT2D eigenvalue weighted by Gasteiger charge is 2.05. The molecule has 6 heteroatoms. The highest BCUT2D eigenvalue weighted by Crippen LogP contribution is 2.13. The standard InChI is InChI=1S/C17H18N2O4/c1-23-16-8-4-14(5-9-16)12-17(20)18-11-10-13-2-6-15(7-3-13)19(21)22/h2-9H,10-12H2,1H3,(H,18,20). The van der Waals surface area contributed by atoms with Gasteiger partial charge in [0, 0.05) is 18.7 Å². The summed E-state index contributed by atoms with van der Waals surface area (Å²) in [6.07, 6.45) is 0.941. The van der Waals surface area contributed by atoms with Crippen molar-refractivity contribution in [3.05, 3.63) is 69.8 Å². The van der Waals surface area contributed by atoms with Crippen LogP contribution >= 0.6 is 0 Å². The third-order valence-corrected chi connectivity index (χ3v) is 3.41. The molecule has 0 saturated heterocycles. The van der Waals surface area contributed by atoms with Crippen LogP contribution < -0.4 is 10.1 Å². The molecule has 0 bridgehead atoms. The zero-order valence-electron chi connectivity index (χ0n) is 12.8. The average molecular weight is 314 g/mol. The van der Waals surface area contributed by atoms with Crippen LogP contribution in [0.4, 0.5) is 5.69 Å². The van der Waals surface area contributed by atoms with Crippen LogP contribution in [-0.4, -0.2) is 24.5 Å². The fourth-order valence-corrected chi connectivity index (χ4v) is 2.12. The minimum Gasteiger partial charge on any atom is -0.497 e. The minimum atomic E-state index is -0.430. The van der Waals surface area contributed by atoms with Crippen molar-refractivity contribution in [3.8, 4) is 5.75 Å². The Balaban J connectivity index is 1.76. The molecule has 0 aliphatic heterocycles. The van der Waals surface area contributed by atoms with E-state index in [0.717, 1.165) is 16.9 Å². The number of non-ortho nitro benzene ring substituents is 1. The van der Waals surface area contributed by atoms with Crippen LogP contribution in [0.3, 0.4) is 0 Å². The second-order valence-corrected chi connectivity index (χ2v) is 5.05. The van der Waals surface area contributed by atoms with E-state index in [1.54, 1.807) is 19.2 Å². The van der Waals surface area contributed by atoms with Gasteiger partial charge in [-0.2, -0.15) is 0 Å². The molecule has 0 aliphatic carbocycles. The Morgan fingerprint density at radius 1 is 1.09 bits per heavy atom. The quantitative estimate of drug-likeness (QED) is 0.629. The highest BCUT2D eigenvalue weighted by atomic mass is 16.6. The number of rotatable bonds is 7. The van der Waals surface area contributed by atoms with Gasteiger partial charge in [-0.3, -0.25) is 14.9 Å². The van der Waals surface area contributed by atoms with Crippen LogP contribution in [0.1, 0.15) is 11.1 Å². The normalized spacial score (nSPS) is 10.1. The van der Waals surface area contributed by atoms with E-state index < -0.39 is 4.92 Å². The van der Waals surface area contributed by atoms with Crippen LogP contribution in [-0.2, 0) is 17.6 Å². The van der Waals surface area contributed by atoms with Gasteiger partial charge in [-0.25, -0.2) is 0 Å². The summed E-state index contributed by atoms with van der Waals surface area (Å²) in [7, 11) is 1.60. The first-order valence-corrected chi connectivity index (χ1v) is 7.21. The Morgan fingerprint density at radius 2 is 1.70 bits per heavy atom. The number of ether oxygens (including phenoxy) is 1. The highest BCUT2D eigenvalue weighted by molar-refractivity contribution is 5.78. The summed E-state index contributed by atoms with van der Waals surface area (Å²) < 4.78 is 5.07. The number of methoxy groups -OCH3 is 1. The smallest absolute Gasteiger partial charge is 0.269 e. The minimum absolute atomic E-state index is 0.0583. The SMILES string of the molecule is COc1ccc(CC(=O)NCCc2ccc([N+](=O)[O-])cc2)cc1. The number of nitrogens with zero attached hydrogens (tertiary/aromatic N) is 1. The monoisotopic (exact) mass is 314 g/mol. The maximum Gasteiger partial charge on any atom is 0.269 e. The molecule has 6 nitrogen and oxygen atoms in total. The van der Waals surface area contributed by atoms with Gasteiger partial charge >= 0.3 is 0 Å². The molecule has 23 heavy (non-hydrogen) atoms. The van der Waals surface area contributed by atoms with Crippen molar-refractivity contribution in [2.75, 3.05) is 13.7 Å². The molecule has 1 amide bonds. The van der Waals surface area contributed by atoms with E-state index in [-0.39, 0.29) is 11.6 Å². The van der Waals surface area contributed by atoms with E-state index in [0.29, 0.717) is 19.4 Å². The fourth-order valence-electron chi connectivity index (χ4n) is 2.12. The molecule has 1 N–H and O–H groups in total. The first kappa shape index (κ1) is 16.5. The van der Waals surface area contributed by atoms with Crippen molar-refractivity contribution >= 4 is 11.6 Å². The van der Waals surface area contributed by atoms with Gasteiger partial charge in [0.25, 0.3) is 5.69 Å². The number of benzene rings is 2. The van der Waals surface area contributed by atoms with Crippen molar-refractivity contribution in [2.45, 2.75) is 12.8 Å². The summed E-state index contributed by atoms with van der Waals surface area (Å²) in [5.41, 5.74) is 1.93. The number of nitro groups is 1. The van der Waals surface area contributed by atoms with E-state index in [4.69, 9.17) is 4.74 Å². The molecule has 0 unspecified atom stereocenters. The van der Waals surface area contributed by atoms with Crippen molar-refractivity contribution in [2.24, 2.45) is 0 Å². The number of nitrogens with one attached hydrogen (secondary N) is 1. The first-order valence-electron chi connectivity index (χ1n) is 7.21. The molecule has 0 saturated carbocycles. The van der Waals surface area contributed by atoms with Crippen molar-refractivity contribution in [1.29, 1.82) is 0 Å². The van der Waals surface area contributed by atoms with Crippen molar-refractivity contribution in [3.63, 3.8) is 0 Å². The summed E-state index contributed by atoms with van der Waals surface area (Å²) in [4.78, 5) is 22.0. The van der Waals surface area contributed by atoms with Gasteiger partial charge in [0.15, 0.2) is 0 Å². The Bertz CT molecular complexity index is 666. The van der Waals surface area contributed by atoms with Crippen LogP contribution in [0.25, 0.3) is 0 Å². The lowest BCUT2D eigenvalue weighted by Gasteiger charge is -2.06. The maximum absolute atomic E-state index is 11.9. The molecule has 0 radical (unpaired) electrons. The van der Waals surface area contributed by atoms with Gasteiger partial charge in [-0.15, -0.1) is 0 Å². The Labute approximate surface area is 134 Å². The third kappa shape index (κ3) is 5.10. The molecule has 0 aliphatic rings. The predicted molar refractivity (Wildman–Crippen MR) is 86.5 cm³/mol. The summed E-state index contributed by atoms with van der Waals surface area (Å²) in [6, 6.07) is 13.7.